The molecule has 0 radical (unpaired) electrons. The third-order valence-corrected chi connectivity index (χ3v) is 7.26. The van der Waals surface area contributed by atoms with E-state index < -0.39 is 17.8 Å². The van der Waals surface area contributed by atoms with Gasteiger partial charge in [-0.3, -0.25) is 0 Å². The molecule has 4 aliphatic heterocycles. The summed E-state index contributed by atoms with van der Waals surface area (Å²) in [6.07, 6.45) is 1.13. The second-order valence-electron chi connectivity index (χ2n) is 9.61. The molecular weight excluding hydrogens is 469 g/mol. The lowest BCUT2D eigenvalue weighted by Gasteiger charge is -2.48. The van der Waals surface area contributed by atoms with Gasteiger partial charge in [-0.1, -0.05) is 0 Å². The van der Waals surface area contributed by atoms with Crippen molar-refractivity contribution in [1.82, 2.24) is 19.8 Å². The Hall–Kier alpha value is -3.67. The second kappa shape index (κ2) is 9.08. The topological polar surface area (TPSA) is 85.1 Å². The predicted molar refractivity (Wildman–Crippen MR) is 127 cm³/mol. The Morgan fingerprint density at radius 3 is 2.56 bits per heavy atom. The number of allylic oxidation sites excluding steroid dienone is 1. The normalized spacial score (nSPS) is 23.6. The number of carbonyl (C=O) groups excluding carboxylic acids is 1. The van der Waals surface area contributed by atoms with Crippen molar-refractivity contribution < 1.29 is 18.0 Å². The molecule has 1 aromatic heterocycles. The van der Waals surface area contributed by atoms with Crippen molar-refractivity contribution in [1.29, 1.82) is 5.26 Å². The summed E-state index contributed by atoms with van der Waals surface area (Å²) in [5.41, 5.74) is -0.215. The molecule has 0 spiro atoms. The molecule has 186 valence electrons. The van der Waals surface area contributed by atoms with Gasteiger partial charge in [0.05, 0.1) is 33.8 Å². The number of nitrogens with zero attached hydrogens (tertiary/aromatic N) is 5. The van der Waals surface area contributed by atoms with Crippen molar-refractivity contribution in [2.45, 2.75) is 44.9 Å². The van der Waals surface area contributed by atoms with Crippen molar-refractivity contribution in [3.8, 4) is 6.07 Å². The number of rotatable bonds is 4. The summed E-state index contributed by atoms with van der Waals surface area (Å²) in [6.45, 7) is 6.40. The van der Waals surface area contributed by atoms with E-state index in [1.54, 1.807) is 19.9 Å². The summed E-state index contributed by atoms with van der Waals surface area (Å²) in [5.74, 6) is 3.43. The summed E-state index contributed by atoms with van der Waals surface area (Å²) < 4.78 is 40.2. The fraction of sp³-hybridized carbons (Fsp3) is 0.423. The molecule has 2 atom stereocenters. The fourth-order valence-corrected chi connectivity index (χ4v) is 5.39. The van der Waals surface area contributed by atoms with E-state index in [4.69, 9.17) is 0 Å². The minimum atomic E-state index is -4.57. The lowest BCUT2D eigenvalue weighted by Crippen LogP contribution is -2.57. The number of piperidine rings is 3. The van der Waals surface area contributed by atoms with Gasteiger partial charge in [-0.15, -0.1) is 0 Å². The largest absolute Gasteiger partial charge is 0.416 e. The van der Waals surface area contributed by atoms with Crippen molar-refractivity contribution >= 4 is 24.0 Å². The van der Waals surface area contributed by atoms with Crippen LogP contribution in [-0.2, 0) is 11.0 Å². The van der Waals surface area contributed by atoms with Crippen LogP contribution in [0.25, 0.3) is 12.3 Å². The van der Waals surface area contributed by atoms with Crippen LogP contribution in [0, 0.1) is 24.2 Å². The fourth-order valence-electron chi connectivity index (χ4n) is 5.39. The molecule has 0 aliphatic carbocycles. The van der Waals surface area contributed by atoms with Gasteiger partial charge in [0.1, 0.15) is 17.3 Å². The first kappa shape index (κ1) is 24.0. The third-order valence-electron chi connectivity index (χ3n) is 7.26. The number of nitriles is 1. The summed E-state index contributed by atoms with van der Waals surface area (Å²) in [4.78, 5) is 25.3. The molecule has 0 amide bonds. The molecule has 2 bridgehead atoms. The quantitative estimate of drug-likeness (QED) is 0.654. The molecular formula is C26H25F3N6O. The lowest BCUT2D eigenvalue weighted by molar-refractivity contribution is -0.137. The number of alkyl halides is 3. The van der Waals surface area contributed by atoms with Crippen LogP contribution < -0.4 is 15.9 Å². The molecule has 2 unspecified atom stereocenters. The minimum absolute atomic E-state index is 0.0662. The van der Waals surface area contributed by atoms with Crippen molar-refractivity contribution in [2.24, 2.45) is 5.92 Å². The smallest absolute Gasteiger partial charge is 0.363 e. The monoisotopic (exact) mass is 494 g/mol. The highest BCUT2D eigenvalue weighted by molar-refractivity contribution is 5.71. The number of hydrogen-bond acceptors (Lipinski definition) is 7. The molecule has 0 saturated carbocycles. The van der Waals surface area contributed by atoms with Crippen LogP contribution in [0.4, 0.5) is 19.0 Å². The van der Waals surface area contributed by atoms with Gasteiger partial charge in [0.15, 0.2) is 5.94 Å². The zero-order chi connectivity index (χ0) is 25.6. The molecule has 3 fully saturated rings. The van der Waals surface area contributed by atoms with Gasteiger partial charge < -0.3 is 15.1 Å². The van der Waals surface area contributed by atoms with E-state index in [2.05, 4.69) is 26.1 Å². The molecule has 1 aromatic carbocycles. The van der Waals surface area contributed by atoms with Crippen LogP contribution in [-0.4, -0.2) is 51.4 Å². The average molecular weight is 495 g/mol. The van der Waals surface area contributed by atoms with Crippen LogP contribution in [0.1, 0.15) is 48.3 Å². The third kappa shape index (κ3) is 4.48. The van der Waals surface area contributed by atoms with Crippen molar-refractivity contribution in [3.05, 3.63) is 57.0 Å². The maximum absolute atomic E-state index is 13.4. The number of benzene rings is 1. The van der Waals surface area contributed by atoms with Crippen molar-refractivity contribution in [3.63, 3.8) is 0 Å². The van der Waals surface area contributed by atoms with Gasteiger partial charge in [-0.2, -0.15) is 18.4 Å². The Bertz CT molecular complexity index is 1410. The Labute approximate surface area is 206 Å². The molecule has 10 heteroatoms. The first-order valence-electron chi connectivity index (χ1n) is 11.9. The van der Waals surface area contributed by atoms with Gasteiger partial charge in [0.2, 0.25) is 0 Å². The molecule has 4 aliphatic rings. The van der Waals surface area contributed by atoms with Gasteiger partial charge in [0.25, 0.3) is 0 Å². The van der Waals surface area contributed by atoms with Crippen molar-refractivity contribution in [2.75, 3.05) is 25.0 Å². The Morgan fingerprint density at radius 2 is 1.94 bits per heavy atom. The van der Waals surface area contributed by atoms with Crippen LogP contribution in [0.2, 0.25) is 0 Å². The van der Waals surface area contributed by atoms with Gasteiger partial charge in [-0.05, 0) is 75.5 Å². The summed E-state index contributed by atoms with van der Waals surface area (Å²) >= 11 is 0. The summed E-state index contributed by atoms with van der Waals surface area (Å²) in [7, 11) is 0. The Kier molecular flexibility index (Phi) is 6.07. The van der Waals surface area contributed by atoms with E-state index >= 15 is 0 Å². The zero-order valence-electron chi connectivity index (χ0n) is 19.9. The zero-order valence-corrected chi connectivity index (χ0v) is 19.9. The number of aromatic nitrogens is 2. The SMILES string of the molecule is Cc1nc(NC(C)c2cc(C#N)cc(C(F)(F)F)c2)c2c(n1)=CC(=C=O)N(C1CN3CCC1CC3)C=2. The number of fused-ring (bicyclic) bond motifs is 4. The average Bonchev–Trinajstić information content (AvgIpc) is 2.87. The second-order valence-corrected chi connectivity index (χ2v) is 9.61. The van der Waals surface area contributed by atoms with Crippen LogP contribution >= 0.6 is 0 Å². The van der Waals surface area contributed by atoms with Gasteiger partial charge >= 0.3 is 6.18 Å². The molecule has 7 nitrogen and oxygen atoms in total. The predicted octanol–water partition coefficient (Wildman–Crippen LogP) is 2.49. The molecule has 5 heterocycles. The highest BCUT2D eigenvalue weighted by Gasteiger charge is 2.38. The van der Waals surface area contributed by atoms with Crippen LogP contribution in [0.15, 0.2) is 23.9 Å². The highest BCUT2D eigenvalue weighted by atomic mass is 19.4. The maximum Gasteiger partial charge on any atom is 0.416 e. The summed E-state index contributed by atoms with van der Waals surface area (Å²) in [5, 5.41) is 13.7. The number of anilines is 1. The Morgan fingerprint density at radius 1 is 1.19 bits per heavy atom. The molecule has 2 aromatic rings. The number of nitrogens with one attached hydrogen (secondary N) is 1. The summed E-state index contributed by atoms with van der Waals surface area (Å²) in [6, 6.07) is 4.68. The van der Waals surface area contributed by atoms with E-state index in [9.17, 15) is 23.2 Å². The first-order chi connectivity index (χ1) is 17.2. The van der Waals surface area contributed by atoms with Gasteiger partial charge in [-0.25, -0.2) is 14.8 Å². The van der Waals surface area contributed by atoms with E-state index in [0.717, 1.165) is 44.6 Å². The number of hydrogen-bond donors (Lipinski definition) is 1. The Balaban J connectivity index is 1.55. The standard InChI is InChI=1S/C26H25F3N6O/c1-15(19-7-17(11-30)8-20(9-19)26(27,28)29)31-25-22-12-35(24-13-34-5-3-18(24)4-6-34)21(14-36)10-23(22)32-16(2)33-25/h7-10,12,15,18,24H,3-6,13H2,1-2H3,(H,31,32,33). The lowest BCUT2D eigenvalue weighted by atomic mass is 9.83. The van der Waals surface area contributed by atoms with E-state index in [1.165, 1.54) is 6.07 Å². The number of halogens is 3. The van der Waals surface area contributed by atoms with E-state index in [-0.39, 0.29) is 11.6 Å². The van der Waals surface area contributed by atoms with E-state index in [0.29, 0.717) is 39.4 Å². The molecule has 6 rings (SSSR count). The van der Waals surface area contributed by atoms with Crippen LogP contribution in [0.3, 0.4) is 0 Å². The van der Waals surface area contributed by atoms with Gasteiger partial charge in [0, 0.05) is 18.8 Å². The minimum Gasteiger partial charge on any atom is -0.363 e. The maximum atomic E-state index is 13.4. The van der Waals surface area contributed by atoms with Crippen LogP contribution in [0.5, 0.6) is 0 Å². The molecule has 1 N–H and O–H groups in total. The molecule has 36 heavy (non-hydrogen) atoms. The molecule has 3 saturated heterocycles. The number of aryl methyl sites for hydroxylation is 1. The highest BCUT2D eigenvalue weighted by Crippen LogP contribution is 2.34. The van der Waals surface area contributed by atoms with E-state index in [1.807, 2.05) is 17.2 Å². The first-order valence-corrected chi connectivity index (χ1v) is 11.9.